The largest absolute Gasteiger partial charge is 0.634 e. The number of rotatable bonds is 7. The van der Waals surface area contributed by atoms with Crippen molar-refractivity contribution in [1.29, 1.82) is 0 Å². The van der Waals surface area contributed by atoms with Crippen molar-refractivity contribution in [3.8, 4) is 0 Å². The maximum Gasteiger partial charge on any atom is 0.634 e. The first-order chi connectivity index (χ1) is 13.7. The highest BCUT2D eigenvalue weighted by Gasteiger charge is 2.58. The molecule has 1 saturated carbocycles. The van der Waals surface area contributed by atoms with Gasteiger partial charge >= 0.3 is 19.2 Å². The van der Waals surface area contributed by atoms with E-state index in [-0.39, 0.29) is 24.8 Å². The molecule has 1 aromatic carbocycles. The fourth-order valence-electron chi connectivity index (χ4n) is 4.03. The van der Waals surface area contributed by atoms with E-state index in [1.54, 1.807) is 0 Å². The third kappa shape index (κ3) is 4.18. The molecule has 3 fully saturated rings. The second-order valence-electron chi connectivity index (χ2n) is 7.56. The van der Waals surface area contributed by atoms with Gasteiger partial charge in [0.1, 0.15) is 12.6 Å². The highest BCUT2D eigenvalue weighted by molar-refractivity contribution is 6.51. The number of ether oxygens (including phenoxy) is 2. The number of hydrogen-bond donors (Lipinski definition) is 0. The second-order valence-corrected chi connectivity index (χ2v) is 7.56. The van der Waals surface area contributed by atoms with Gasteiger partial charge in [0.25, 0.3) is 0 Å². The van der Waals surface area contributed by atoms with Crippen LogP contribution >= 0.6 is 0 Å². The van der Waals surface area contributed by atoms with E-state index < -0.39 is 25.2 Å². The zero-order valence-corrected chi connectivity index (χ0v) is 16.1. The number of epoxide rings is 1. The summed E-state index contributed by atoms with van der Waals surface area (Å²) < 4.78 is 22.5. The molecule has 3 aliphatic rings. The lowest BCUT2D eigenvalue weighted by atomic mass is 9.80. The maximum absolute atomic E-state index is 12.8. The molecule has 2 saturated heterocycles. The summed E-state index contributed by atoms with van der Waals surface area (Å²) >= 11 is 0. The topological polar surface area (TPSA) is 77.6 Å². The van der Waals surface area contributed by atoms with Gasteiger partial charge in [-0.15, -0.1) is 0 Å². The lowest BCUT2D eigenvalue weighted by Gasteiger charge is -2.30. The van der Waals surface area contributed by atoms with Gasteiger partial charge in [-0.2, -0.15) is 0 Å². The summed E-state index contributed by atoms with van der Waals surface area (Å²) in [5.41, 5.74) is 0.973. The highest BCUT2D eigenvalue weighted by atomic mass is 16.7. The Morgan fingerprint density at radius 2 is 2.00 bits per heavy atom. The van der Waals surface area contributed by atoms with Crippen molar-refractivity contribution in [3.05, 3.63) is 35.9 Å². The third-order valence-electron chi connectivity index (χ3n) is 5.57. The van der Waals surface area contributed by atoms with Gasteiger partial charge in [0.2, 0.25) is 0 Å². The number of unbranched alkanes of at least 4 members (excludes halogenated alkanes) is 1. The zero-order valence-electron chi connectivity index (χ0n) is 16.1. The van der Waals surface area contributed by atoms with Crippen molar-refractivity contribution in [2.24, 2.45) is 0 Å². The van der Waals surface area contributed by atoms with E-state index in [4.69, 9.17) is 18.8 Å². The Morgan fingerprint density at radius 3 is 2.79 bits per heavy atom. The lowest BCUT2D eigenvalue weighted by Crippen LogP contribution is -2.47. The van der Waals surface area contributed by atoms with Crippen molar-refractivity contribution in [2.75, 3.05) is 13.2 Å². The summed E-state index contributed by atoms with van der Waals surface area (Å²) in [6.45, 7) is 2.67. The number of carbonyl (C=O) groups excluding carboxylic acids is 2. The lowest BCUT2D eigenvalue weighted by molar-refractivity contribution is -0.136. The number of nitrogens with zero attached hydrogens (tertiary/aromatic N) is 1. The summed E-state index contributed by atoms with van der Waals surface area (Å²) in [6.07, 6.45) is 3.88. The third-order valence-corrected chi connectivity index (χ3v) is 5.57. The summed E-state index contributed by atoms with van der Waals surface area (Å²) in [5, 5.41) is 0. The van der Waals surface area contributed by atoms with Crippen molar-refractivity contribution in [2.45, 2.75) is 63.3 Å². The van der Waals surface area contributed by atoms with Crippen LogP contribution in [0.1, 0.15) is 50.7 Å². The fourth-order valence-corrected chi connectivity index (χ4v) is 4.03. The molecule has 1 aliphatic carbocycles. The van der Waals surface area contributed by atoms with E-state index in [1.165, 1.54) is 4.90 Å². The molecule has 1 aromatic rings. The second kappa shape index (κ2) is 8.53. The van der Waals surface area contributed by atoms with E-state index in [9.17, 15) is 9.59 Å². The average Bonchev–Trinajstić information content (AvgIpc) is 3.40. The minimum atomic E-state index is -1.02. The summed E-state index contributed by atoms with van der Waals surface area (Å²) in [7, 11) is -1.02. The van der Waals surface area contributed by atoms with Crippen LogP contribution in [0.2, 0.25) is 0 Å². The Labute approximate surface area is 165 Å². The minimum Gasteiger partial charge on any atom is -0.496 e. The van der Waals surface area contributed by atoms with Gasteiger partial charge in [-0.05, 0) is 31.2 Å². The Bertz CT molecular complexity index is 701. The number of hydrogen-bond acceptors (Lipinski definition) is 6. The van der Waals surface area contributed by atoms with Crippen LogP contribution in [0.25, 0.3) is 0 Å². The van der Waals surface area contributed by atoms with Gasteiger partial charge in [-0.3, -0.25) is 9.69 Å². The van der Waals surface area contributed by atoms with Gasteiger partial charge < -0.3 is 18.8 Å². The molecule has 0 spiro atoms. The van der Waals surface area contributed by atoms with Gasteiger partial charge in [-0.25, -0.2) is 4.79 Å². The van der Waals surface area contributed by atoms with Gasteiger partial charge in [0.05, 0.1) is 12.1 Å². The monoisotopic (exact) mass is 387 g/mol. The Hall–Kier alpha value is -2.06. The molecule has 8 heteroatoms. The average molecular weight is 387 g/mol. The molecular weight excluding hydrogens is 361 g/mol. The van der Waals surface area contributed by atoms with E-state index >= 15 is 0 Å². The van der Waals surface area contributed by atoms with Crippen LogP contribution in [-0.4, -0.2) is 55.4 Å². The van der Waals surface area contributed by atoms with Crippen LogP contribution in [-0.2, 0) is 23.6 Å². The molecule has 150 valence electrons. The highest BCUT2D eigenvalue weighted by Crippen LogP contribution is 2.41. The number of carbonyl (C=O) groups is 2. The first-order valence-electron chi connectivity index (χ1n) is 10.2. The minimum absolute atomic E-state index is 0.0577. The van der Waals surface area contributed by atoms with Crippen LogP contribution < -0.4 is 0 Å². The Morgan fingerprint density at radius 1 is 1.18 bits per heavy atom. The standard InChI is InChI=1S/C20H26BNO6/c1-2-3-12-25-16-11-7-10-15(16)22-13-17(23)27-21(28-20(22)24)19-18(26-19)14-8-5-4-6-9-14/h4-6,8-9,15-16,18-19H,2-3,7,10-13H2,1H3/t15-,16-,18?,19?/m0/s1. The SMILES string of the molecule is CCCCO[C@H]1CCC[C@@H]1N1CC(=O)OB(C2OC2c2ccccc2)OC1=O. The van der Waals surface area contributed by atoms with Gasteiger partial charge in [0, 0.05) is 6.61 Å². The molecule has 28 heavy (non-hydrogen) atoms. The summed E-state index contributed by atoms with van der Waals surface area (Å²) in [6, 6.07) is 9.02. The maximum atomic E-state index is 12.8. The van der Waals surface area contributed by atoms with Gasteiger partial charge in [0.15, 0.2) is 6.00 Å². The van der Waals surface area contributed by atoms with Crippen LogP contribution in [0.15, 0.2) is 30.3 Å². The molecular formula is C20H26BNO6. The van der Waals surface area contributed by atoms with E-state index in [2.05, 4.69) is 6.92 Å². The molecule has 1 amide bonds. The molecule has 0 bridgehead atoms. The molecule has 4 rings (SSSR count). The van der Waals surface area contributed by atoms with Crippen LogP contribution in [0, 0.1) is 0 Å². The van der Waals surface area contributed by atoms with Crippen LogP contribution in [0.4, 0.5) is 4.79 Å². The molecule has 4 atom stereocenters. The molecule has 0 N–H and O–H groups in total. The Balaban J connectivity index is 1.40. The van der Waals surface area contributed by atoms with Gasteiger partial charge in [-0.1, -0.05) is 43.7 Å². The quantitative estimate of drug-likeness (QED) is 0.407. The molecule has 2 unspecified atom stereocenters. The zero-order chi connectivity index (χ0) is 19.5. The predicted octanol–water partition coefficient (Wildman–Crippen LogP) is 2.89. The van der Waals surface area contributed by atoms with Crippen molar-refractivity contribution >= 4 is 19.2 Å². The van der Waals surface area contributed by atoms with Crippen molar-refractivity contribution < 1.29 is 28.4 Å². The van der Waals surface area contributed by atoms with E-state index in [0.29, 0.717) is 6.61 Å². The van der Waals surface area contributed by atoms with Crippen LogP contribution in [0.3, 0.4) is 0 Å². The molecule has 0 radical (unpaired) electrons. The van der Waals surface area contributed by atoms with Crippen molar-refractivity contribution in [1.82, 2.24) is 4.90 Å². The first kappa shape index (κ1) is 19.3. The van der Waals surface area contributed by atoms with E-state index in [0.717, 1.165) is 37.7 Å². The van der Waals surface area contributed by atoms with E-state index in [1.807, 2.05) is 30.3 Å². The normalized spacial score (nSPS) is 30.0. The molecule has 2 aliphatic heterocycles. The molecule has 7 nitrogen and oxygen atoms in total. The smallest absolute Gasteiger partial charge is 0.496 e. The molecule has 0 aromatic heterocycles. The molecule has 2 heterocycles. The predicted molar refractivity (Wildman–Crippen MR) is 101 cm³/mol. The number of amides is 1. The fraction of sp³-hybridized carbons (Fsp3) is 0.600. The van der Waals surface area contributed by atoms with Crippen molar-refractivity contribution in [3.63, 3.8) is 0 Å². The van der Waals surface area contributed by atoms with Crippen LogP contribution in [0.5, 0.6) is 0 Å². The Kier molecular flexibility index (Phi) is 5.87. The number of benzene rings is 1. The summed E-state index contributed by atoms with van der Waals surface area (Å²) in [5.74, 6) is -0.475. The first-order valence-corrected chi connectivity index (χ1v) is 10.2. The summed E-state index contributed by atoms with van der Waals surface area (Å²) in [4.78, 5) is 26.6.